The number of carbonyl (C=O) groups excluding carboxylic acids is 1. The maximum Gasteiger partial charge on any atom is 0.223 e. The van der Waals surface area contributed by atoms with Gasteiger partial charge >= 0.3 is 0 Å². The molecule has 1 aliphatic rings. The van der Waals surface area contributed by atoms with Gasteiger partial charge in [-0.1, -0.05) is 91.9 Å². The van der Waals surface area contributed by atoms with Crippen molar-refractivity contribution in [2.75, 3.05) is 39.8 Å². The Hall–Kier alpha value is -4.55. The van der Waals surface area contributed by atoms with E-state index < -0.39 is 0 Å². The molecule has 5 aromatic rings. The highest BCUT2D eigenvalue weighted by Crippen LogP contribution is 2.39. The average molecular weight is 588 g/mol. The Morgan fingerprint density at radius 1 is 0.795 bits per heavy atom. The molecule has 0 aliphatic carbocycles. The van der Waals surface area contributed by atoms with Crippen LogP contribution in [-0.4, -0.2) is 60.1 Å². The van der Waals surface area contributed by atoms with Crippen molar-refractivity contribution in [3.63, 3.8) is 0 Å². The standard InChI is InChI=1S/C38H41N3O3/c1-3-39-20-22-40(23-21-39)38(42)25-33(31-18-19-36(43-2)37(24-31)44-28-30-14-8-5-9-15-30)34-27-41(26-29-12-6-4-7-13-29)35-17-11-10-16-32(34)35/h4-19,24,27,33H,3,20-23,25-26,28H2,1-2H3/t33-/m1/s1. The fourth-order valence-electron chi connectivity index (χ4n) is 6.25. The lowest BCUT2D eigenvalue weighted by Crippen LogP contribution is -2.48. The van der Waals surface area contributed by atoms with Gasteiger partial charge in [0.15, 0.2) is 11.5 Å². The summed E-state index contributed by atoms with van der Waals surface area (Å²) in [5.74, 6) is 1.39. The summed E-state index contributed by atoms with van der Waals surface area (Å²) < 4.78 is 14.3. The second kappa shape index (κ2) is 13.8. The lowest BCUT2D eigenvalue weighted by Gasteiger charge is -2.35. The van der Waals surface area contributed by atoms with E-state index in [1.807, 2.05) is 35.2 Å². The molecule has 226 valence electrons. The van der Waals surface area contributed by atoms with E-state index in [4.69, 9.17) is 9.47 Å². The van der Waals surface area contributed by atoms with Crippen LogP contribution in [0.4, 0.5) is 0 Å². The first kappa shape index (κ1) is 29.5. The molecule has 1 aliphatic heterocycles. The van der Waals surface area contributed by atoms with Gasteiger partial charge in [0.2, 0.25) is 5.91 Å². The van der Waals surface area contributed by atoms with Crippen molar-refractivity contribution in [3.8, 4) is 11.5 Å². The van der Waals surface area contributed by atoms with Crippen LogP contribution in [0.5, 0.6) is 11.5 Å². The second-order valence-electron chi connectivity index (χ2n) is 11.5. The third-order valence-electron chi connectivity index (χ3n) is 8.77. The summed E-state index contributed by atoms with van der Waals surface area (Å²) in [4.78, 5) is 18.4. The molecule has 0 radical (unpaired) electrons. The average Bonchev–Trinajstić information content (AvgIpc) is 3.44. The molecule has 0 saturated carbocycles. The topological polar surface area (TPSA) is 46.9 Å². The number of ether oxygens (including phenoxy) is 2. The molecule has 0 N–H and O–H groups in total. The van der Waals surface area contributed by atoms with Crippen molar-refractivity contribution in [1.29, 1.82) is 0 Å². The number of rotatable bonds is 11. The fraction of sp³-hybridized carbons (Fsp3) is 0.289. The van der Waals surface area contributed by atoms with E-state index in [1.165, 1.54) is 10.9 Å². The highest BCUT2D eigenvalue weighted by Gasteiger charge is 2.28. The minimum atomic E-state index is -0.154. The number of hydrogen-bond donors (Lipinski definition) is 0. The number of aromatic nitrogens is 1. The predicted octanol–water partition coefficient (Wildman–Crippen LogP) is 6.96. The summed E-state index contributed by atoms with van der Waals surface area (Å²) in [7, 11) is 1.67. The molecule has 6 heteroatoms. The van der Waals surface area contributed by atoms with Gasteiger partial charge in [-0.25, -0.2) is 0 Å². The molecular weight excluding hydrogens is 546 g/mol. The number of piperazine rings is 1. The van der Waals surface area contributed by atoms with Crippen molar-refractivity contribution >= 4 is 16.8 Å². The quantitative estimate of drug-likeness (QED) is 0.168. The maximum absolute atomic E-state index is 13.9. The Morgan fingerprint density at radius 3 is 2.18 bits per heavy atom. The molecule has 0 bridgehead atoms. The van der Waals surface area contributed by atoms with E-state index in [0.717, 1.165) is 61.5 Å². The number of hydrogen-bond acceptors (Lipinski definition) is 4. The van der Waals surface area contributed by atoms with Crippen molar-refractivity contribution in [2.24, 2.45) is 0 Å². The van der Waals surface area contributed by atoms with Crippen LogP contribution >= 0.6 is 0 Å². The highest BCUT2D eigenvalue weighted by atomic mass is 16.5. The first-order valence-electron chi connectivity index (χ1n) is 15.6. The van der Waals surface area contributed by atoms with Crippen LogP contribution in [-0.2, 0) is 17.9 Å². The van der Waals surface area contributed by atoms with Crippen molar-refractivity contribution < 1.29 is 14.3 Å². The van der Waals surface area contributed by atoms with Crippen LogP contribution in [0.3, 0.4) is 0 Å². The SMILES string of the molecule is CCN1CCN(C(=O)C[C@H](c2ccc(OC)c(OCc3ccccc3)c2)c2cn(Cc3ccccc3)c3ccccc23)CC1. The molecule has 44 heavy (non-hydrogen) atoms. The summed E-state index contributed by atoms with van der Waals surface area (Å²) in [6.45, 7) is 7.76. The van der Waals surface area contributed by atoms with Crippen molar-refractivity contribution in [2.45, 2.75) is 32.4 Å². The van der Waals surface area contributed by atoms with E-state index in [2.05, 4.69) is 95.4 Å². The van der Waals surface area contributed by atoms with Crippen LogP contribution in [0.1, 0.15) is 41.5 Å². The van der Waals surface area contributed by atoms with Gasteiger partial charge in [-0.3, -0.25) is 4.79 Å². The molecule has 1 fully saturated rings. The van der Waals surface area contributed by atoms with Gasteiger partial charge < -0.3 is 23.8 Å². The molecule has 1 aromatic heterocycles. The Bertz CT molecular complexity index is 1670. The predicted molar refractivity (Wildman–Crippen MR) is 176 cm³/mol. The molecule has 6 rings (SSSR count). The minimum absolute atomic E-state index is 0.154. The number of fused-ring (bicyclic) bond motifs is 1. The first-order chi connectivity index (χ1) is 21.6. The van der Waals surface area contributed by atoms with E-state index in [0.29, 0.717) is 24.5 Å². The van der Waals surface area contributed by atoms with Crippen LogP contribution in [0.15, 0.2) is 109 Å². The van der Waals surface area contributed by atoms with E-state index in [-0.39, 0.29) is 11.8 Å². The number of benzene rings is 4. The van der Waals surface area contributed by atoms with Gasteiger partial charge in [0.1, 0.15) is 6.61 Å². The summed E-state index contributed by atoms with van der Waals surface area (Å²) >= 11 is 0. The van der Waals surface area contributed by atoms with Crippen molar-refractivity contribution in [1.82, 2.24) is 14.4 Å². The number of amides is 1. The molecule has 0 unspecified atom stereocenters. The number of carbonyl (C=O) groups is 1. The zero-order valence-electron chi connectivity index (χ0n) is 25.7. The molecule has 6 nitrogen and oxygen atoms in total. The lowest BCUT2D eigenvalue weighted by atomic mass is 9.87. The van der Waals surface area contributed by atoms with Gasteiger partial charge in [0.05, 0.1) is 7.11 Å². The van der Waals surface area contributed by atoms with Crippen LogP contribution < -0.4 is 9.47 Å². The van der Waals surface area contributed by atoms with Gasteiger partial charge in [0, 0.05) is 62.2 Å². The summed E-state index contributed by atoms with van der Waals surface area (Å²) in [6.07, 6.45) is 2.63. The van der Waals surface area contributed by atoms with Gasteiger partial charge in [0.25, 0.3) is 0 Å². The smallest absolute Gasteiger partial charge is 0.223 e. The van der Waals surface area contributed by atoms with Crippen LogP contribution in [0.2, 0.25) is 0 Å². The van der Waals surface area contributed by atoms with Crippen LogP contribution in [0.25, 0.3) is 10.9 Å². The van der Waals surface area contributed by atoms with E-state index in [1.54, 1.807) is 7.11 Å². The molecule has 1 atom stereocenters. The maximum atomic E-state index is 13.9. The molecule has 4 aromatic carbocycles. The lowest BCUT2D eigenvalue weighted by molar-refractivity contribution is -0.133. The number of methoxy groups -OCH3 is 1. The number of likely N-dealkylation sites (N-methyl/N-ethyl adjacent to an activating group) is 1. The zero-order valence-corrected chi connectivity index (χ0v) is 25.7. The highest BCUT2D eigenvalue weighted by molar-refractivity contribution is 5.87. The molecule has 0 spiro atoms. The van der Waals surface area contributed by atoms with Crippen LogP contribution in [0, 0.1) is 0 Å². The third-order valence-corrected chi connectivity index (χ3v) is 8.77. The number of nitrogens with zero attached hydrogens (tertiary/aromatic N) is 3. The van der Waals surface area contributed by atoms with Crippen molar-refractivity contribution in [3.05, 3.63) is 132 Å². The van der Waals surface area contributed by atoms with Gasteiger partial charge in [-0.05, 0) is 47.0 Å². The first-order valence-corrected chi connectivity index (χ1v) is 15.6. The van der Waals surface area contributed by atoms with E-state index >= 15 is 0 Å². The summed E-state index contributed by atoms with van der Waals surface area (Å²) in [5.41, 5.74) is 5.67. The Labute approximate surface area is 260 Å². The zero-order chi connectivity index (χ0) is 30.3. The third kappa shape index (κ3) is 6.66. The van der Waals surface area contributed by atoms with Gasteiger partial charge in [-0.2, -0.15) is 0 Å². The normalized spacial score (nSPS) is 14.5. The minimum Gasteiger partial charge on any atom is -0.493 e. The van der Waals surface area contributed by atoms with E-state index in [9.17, 15) is 4.79 Å². The molecule has 1 saturated heterocycles. The largest absolute Gasteiger partial charge is 0.493 e. The Morgan fingerprint density at radius 2 is 1.48 bits per heavy atom. The Kier molecular flexibility index (Phi) is 9.28. The molecular formula is C38H41N3O3. The summed E-state index contributed by atoms with van der Waals surface area (Å²) in [6, 6.07) is 35.3. The monoisotopic (exact) mass is 587 g/mol. The second-order valence-corrected chi connectivity index (χ2v) is 11.5. The van der Waals surface area contributed by atoms with Gasteiger partial charge in [-0.15, -0.1) is 0 Å². The molecule has 1 amide bonds. The fourth-order valence-corrected chi connectivity index (χ4v) is 6.25. The number of para-hydroxylation sites is 1. The summed E-state index contributed by atoms with van der Waals surface area (Å²) in [5, 5.41) is 1.17. The molecule has 2 heterocycles. The Balaban J connectivity index is 1.38.